The van der Waals surface area contributed by atoms with E-state index in [-0.39, 0.29) is 11.9 Å². The summed E-state index contributed by atoms with van der Waals surface area (Å²) in [6, 6.07) is 13.8. The number of carbonyl (C=O) groups excluding carboxylic acids is 1. The van der Waals surface area contributed by atoms with Gasteiger partial charge >= 0.3 is 0 Å². The Bertz CT molecular complexity index is 928. The van der Waals surface area contributed by atoms with E-state index >= 15 is 0 Å². The largest absolute Gasteiger partial charge is 0.465 e. The molecule has 1 saturated heterocycles. The molecule has 0 spiro atoms. The molecule has 152 valence electrons. The van der Waals surface area contributed by atoms with Gasteiger partial charge in [0.25, 0.3) is 0 Å². The lowest BCUT2D eigenvalue weighted by molar-refractivity contribution is -0.120. The van der Waals surface area contributed by atoms with Gasteiger partial charge in [0, 0.05) is 25.8 Å². The van der Waals surface area contributed by atoms with Crippen molar-refractivity contribution in [2.45, 2.75) is 19.4 Å². The Balaban J connectivity index is 1.37. The van der Waals surface area contributed by atoms with Crippen LogP contribution in [0.4, 0.5) is 0 Å². The van der Waals surface area contributed by atoms with Crippen LogP contribution in [0.1, 0.15) is 23.1 Å². The Hall–Kier alpha value is -2.90. The fourth-order valence-corrected chi connectivity index (χ4v) is 3.56. The molecule has 1 fully saturated rings. The van der Waals surface area contributed by atoms with Gasteiger partial charge in [-0.2, -0.15) is 5.10 Å². The smallest absolute Gasteiger partial charge is 0.224 e. The Morgan fingerprint density at radius 2 is 1.97 bits per heavy atom. The summed E-state index contributed by atoms with van der Waals surface area (Å²) in [5, 5.41) is 7.42. The molecular formula is C22H26N4O3. The summed E-state index contributed by atoms with van der Waals surface area (Å²) in [6.45, 7) is 5.47. The topological polar surface area (TPSA) is 72.5 Å². The predicted molar refractivity (Wildman–Crippen MR) is 109 cm³/mol. The second kappa shape index (κ2) is 9.07. The Kier molecular flexibility index (Phi) is 6.07. The van der Waals surface area contributed by atoms with Crippen molar-refractivity contribution in [2.24, 2.45) is 0 Å². The first kappa shape index (κ1) is 19.4. The zero-order chi connectivity index (χ0) is 20.1. The van der Waals surface area contributed by atoms with Crippen LogP contribution >= 0.6 is 0 Å². The number of morpholine rings is 1. The Morgan fingerprint density at radius 3 is 2.69 bits per heavy atom. The van der Waals surface area contributed by atoms with Gasteiger partial charge in [0.05, 0.1) is 37.6 Å². The maximum absolute atomic E-state index is 12.6. The van der Waals surface area contributed by atoms with Gasteiger partial charge in [0.1, 0.15) is 11.5 Å². The molecule has 0 saturated carbocycles. The summed E-state index contributed by atoms with van der Waals surface area (Å²) < 4.78 is 13.1. The molecule has 1 aliphatic heterocycles. The van der Waals surface area contributed by atoms with E-state index in [0.29, 0.717) is 26.2 Å². The SMILES string of the molecule is Cc1ccc(C(CNC(=O)Cc2cnn(-c3ccccc3)c2)N2CCOCC2)o1. The molecule has 3 heterocycles. The molecule has 7 nitrogen and oxygen atoms in total. The van der Waals surface area contributed by atoms with Crippen LogP contribution in [0.5, 0.6) is 0 Å². The highest BCUT2D eigenvalue weighted by atomic mass is 16.5. The summed E-state index contributed by atoms with van der Waals surface area (Å²) in [5.74, 6) is 1.72. The minimum Gasteiger partial charge on any atom is -0.465 e. The van der Waals surface area contributed by atoms with Crippen LogP contribution in [0.2, 0.25) is 0 Å². The lowest BCUT2D eigenvalue weighted by Gasteiger charge is -2.33. The first-order chi connectivity index (χ1) is 14.2. The molecule has 2 aromatic heterocycles. The Morgan fingerprint density at radius 1 is 1.17 bits per heavy atom. The number of carbonyl (C=O) groups is 1. The van der Waals surface area contributed by atoms with Crippen molar-refractivity contribution >= 4 is 5.91 Å². The molecule has 1 unspecified atom stereocenters. The number of aryl methyl sites for hydroxylation is 1. The average Bonchev–Trinajstić information content (AvgIpc) is 3.39. The van der Waals surface area contributed by atoms with E-state index in [9.17, 15) is 4.79 Å². The van der Waals surface area contributed by atoms with Crippen LogP contribution in [0, 0.1) is 6.92 Å². The van der Waals surface area contributed by atoms with Crippen LogP contribution in [0.15, 0.2) is 59.3 Å². The van der Waals surface area contributed by atoms with Gasteiger partial charge in [0.15, 0.2) is 0 Å². The van der Waals surface area contributed by atoms with Crippen molar-refractivity contribution in [2.75, 3.05) is 32.8 Å². The summed E-state index contributed by atoms with van der Waals surface area (Å²) in [5.41, 5.74) is 1.85. The van der Waals surface area contributed by atoms with Crippen molar-refractivity contribution in [1.29, 1.82) is 0 Å². The quantitative estimate of drug-likeness (QED) is 0.667. The highest BCUT2D eigenvalue weighted by Gasteiger charge is 2.25. The molecule has 1 N–H and O–H groups in total. The number of amides is 1. The lowest BCUT2D eigenvalue weighted by atomic mass is 10.1. The summed E-state index contributed by atoms with van der Waals surface area (Å²) in [7, 11) is 0. The third-order valence-electron chi connectivity index (χ3n) is 5.09. The third kappa shape index (κ3) is 4.93. The van der Waals surface area contributed by atoms with E-state index in [2.05, 4.69) is 15.3 Å². The van der Waals surface area contributed by atoms with Crippen LogP contribution < -0.4 is 5.32 Å². The number of para-hydroxylation sites is 1. The molecule has 0 bridgehead atoms. The number of rotatable bonds is 7. The molecule has 7 heteroatoms. The van der Waals surface area contributed by atoms with E-state index in [1.165, 1.54) is 0 Å². The highest BCUT2D eigenvalue weighted by Crippen LogP contribution is 2.23. The number of furan rings is 1. The maximum Gasteiger partial charge on any atom is 0.224 e. The van der Waals surface area contributed by atoms with Crippen LogP contribution in [0.25, 0.3) is 5.69 Å². The minimum absolute atomic E-state index is 0.00333. The Labute approximate surface area is 170 Å². The first-order valence-corrected chi connectivity index (χ1v) is 9.93. The normalized spacial score (nSPS) is 15.9. The van der Waals surface area contributed by atoms with E-state index in [1.54, 1.807) is 10.9 Å². The van der Waals surface area contributed by atoms with Gasteiger partial charge in [0.2, 0.25) is 5.91 Å². The van der Waals surface area contributed by atoms with Gasteiger partial charge < -0.3 is 14.5 Å². The van der Waals surface area contributed by atoms with Gasteiger partial charge in [-0.1, -0.05) is 18.2 Å². The van der Waals surface area contributed by atoms with Gasteiger partial charge in [-0.15, -0.1) is 0 Å². The number of nitrogens with zero attached hydrogens (tertiary/aromatic N) is 3. The molecule has 1 aromatic carbocycles. The second-order valence-electron chi connectivity index (χ2n) is 7.22. The molecule has 1 amide bonds. The van der Waals surface area contributed by atoms with E-state index in [4.69, 9.17) is 9.15 Å². The zero-order valence-corrected chi connectivity index (χ0v) is 16.6. The van der Waals surface area contributed by atoms with Gasteiger partial charge in [-0.25, -0.2) is 4.68 Å². The monoisotopic (exact) mass is 394 g/mol. The molecule has 1 atom stereocenters. The van der Waals surface area contributed by atoms with Crippen LogP contribution in [-0.4, -0.2) is 53.4 Å². The number of aromatic nitrogens is 2. The van der Waals surface area contributed by atoms with Crippen LogP contribution in [0.3, 0.4) is 0 Å². The molecule has 1 aliphatic rings. The molecule has 29 heavy (non-hydrogen) atoms. The third-order valence-corrected chi connectivity index (χ3v) is 5.09. The second-order valence-corrected chi connectivity index (χ2v) is 7.22. The summed E-state index contributed by atoms with van der Waals surface area (Å²) in [6.07, 6.45) is 3.92. The van der Waals surface area contributed by atoms with Crippen LogP contribution in [-0.2, 0) is 16.0 Å². The van der Waals surface area contributed by atoms with Crippen molar-refractivity contribution < 1.29 is 13.9 Å². The molecule has 4 rings (SSSR count). The first-order valence-electron chi connectivity index (χ1n) is 9.93. The zero-order valence-electron chi connectivity index (χ0n) is 16.6. The van der Waals surface area contributed by atoms with E-state index in [1.807, 2.05) is 55.6 Å². The molecule has 0 aliphatic carbocycles. The molecule has 3 aromatic rings. The number of nitrogens with one attached hydrogen (secondary N) is 1. The van der Waals surface area contributed by atoms with Crippen molar-refractivity contribution in [1.82, 2.24) is 20.0 Å². The maximum atomic E-state index is 12.6. The van der Waals surface area contributed by atoms with Gasteiger partial charge in [-0.05, 0) is 36.8 Å². The molecule has 0 radical (unpaired) electrons. The number of ether oxygens (including phenoxy) is 1. The van der Waals surface area contributed by atoms with E-state index in [0.717, 1.165) is 35.9 Å². The number of hydrogen-bond donors (Lipinski definition) is 1. The average molecular weight is 394 g/mol. The standard InChI is InChI=1S/C22H26N4O3/c1-17-7-8-21(29-17)20(25-9-11-28-12-10-25)15-23-22(27)13-18-14-24-26(16-18)19-5-3-2-4-6-19/h2-8,14,16,20H,9-13,15H2,1H3,(H,23,27). The number of benzene rings is 1. The summed E-state index contributed by atoms with van der Waals surface area (Å²) >= 11 is 0. The fourth-order valence-electron chi connectivity index (χ4n) is 3.56. The summed E-state index contributed by atoms with van der Waals surface area (Å²) in [4.78, 5) is 14.9. The fraction of sp³-hybridized carbons (Fsp3) is 0.364. The van der Waals surface area contributed by atoms with E-state index < -0.39 is 0 Å². The minimum atomic E-state index is -0.0286. The lowest BCUT2D eigenvalue weighted by Crippen LogP contribution is -2.43. The van der Waals surface area contributed by atoms with Crippen molar-refractivity contribution in [3.8, 4) is 5.69 Å². The van der Waals surface area contributed by atoms with Gasteiger partial charge in [-0.3, -0.25) is 9.69 Å². The highest BCUT2D eigenvalue weighted by molar-refractivity contribution is 5.78. The predicted octanol–water partition coefficient (Wildman–Crippen LogP) is 2.51. The van der Waals surface area contributed by atoms with Crippen molar-refractivity contribution in [3.63, 3.8) is 0 Å². The number of hydrogen-bond acceptors (Lipinski definition) is 5. The molecular weight excluding hydrogens is 368 g/mol. The van der Waals surface area contributed by atoms with Crippen molar-refractivity contribution in [3.05, 3.63) is 71.9 Å².